The molecule has 0 aliphatic carbocycles. The fourth-order valence-electron chi connectivity index (χ4n) is 9.02. The second-order valence-electron chi connectivity index (χ2n) is 20.0. The minimum absolute atomic E-state index is 0.0253. The minimum atomic E-state index is -0.680. The molecule has 2 unspecified atom stereocenters. The third kappa shape index (κ3) is 51.6. The van der Waals surface area contributed by atoms with Crippen molar-refractivity contribution < 1.29 is 24.5 Å². The molecule has 0 saturated heterocycles. The largest absolute Gasteiger partial charge is 0.466 e. The van der Waals surface area contributed by atoms with Crippen LogP contribution in [0.4, 0.5) is 0 Å². The smallest absolute Gasteiger partial charge is 0.305 e. The summed E-state index contributed by atoms with van der Waals surface area (Å²) in [7, 11) is 0. The normalized spacial score (nSPS) is 12.7. The molecule has 0 aliphatic rings. The van der Waals surface area contributed by atoms with Crippen LogP contribution in [-0.4, -0.2) is 47.4 Å². The summed E-state index contributed by atoms with van der Waals surface area (Å²) in [6, 6.07) is -0.560. The van der Waals surface area contributed by atoms with Crippen molar-refractivity contribution in [2.75, 3.05) is 13.2 Å². The topological polar surface area (TPSA) is 95.9 Å². The number of carbonyl (C=O) groups excluding carboxylic acids is 2. The zero-order valence-corrected chi connectivity index (χ0v) is 43.7. The Morgan fingerprint density at radius 3 is 1.18 bits per heavy atom. The van der Waals surface area contributed by atoms with Gasteiger partial charge in [-0.2, -0.15) is 0 Å². The van der Waals surface area contributed by atoms with Crippen LogP contribution >= 0.6 is 0 Å². The highest BCUT2D eigenvalue weighted by atomic mass is 16.5. The molecule has 0 heterocycles. The summed E-state index contributed by atoms with van der Waals surface area (Å²) in [5.74, 6) is -0.0809. The second-order valence-corrected chi connectivity index (χ2v) is 20.0. The van der Waals surface area contributed by atoms with E-state index in [1.165, 1.54) is 218 Å². The van der Waals surface area contributed by atoms with Crippen molar-refractivity contribution in [2.24, 2.45) is 0 Å². The fraction of sp³-hybridized carbons (Fsp3) is 0.898. The monoisotopic (exact) mass is 916 g/mol. The van der Waals surface area contributed by atoms with Gasteiger partial charge >= 0.3 is 5.97 Å². The number of aliphatic hydroxyl groups excluding tert-OH is 2. The lowest BCUT2D eigenvalue weighted by atomic mass is 10.0. The first-order valence-electron chi connectivity index (χ1n) is 29.1. The van der Waals surface area contributed by atoms with Crippen molar-refractivity contribution in [3.63, 3.8) is 0 Å². The van der Waals surface area contributed by atoms with E-state index < -0.39 is 12.1 Å². The number of carbonyl (C=O) groups is 2. The van der Waals surface area contributed by atoms with E-state index in [1.807, 2.05) is 0 Å². The van der Waals surface area contributed by atoms with Crippen LogP contribution in [-0.2, 0) is 14.3 Å². The third-order valence-corrected chi connectivity index (χ3v) is 13.5. The Labute approximate surface area is 405 Å². The molecule has 0 aromatic rings. The molecule has 0 radical (unpaired) electrons. The first-order valence-corrected chi connectivity index (χ1v) is 29.1. The SMILES string of the molecule is CCCCCC/C=C\C/C=C\CCCCCCCCCC(=O)OCCCCCCCCCCCCC(=O)NC(CO)C(O)CCCCCCCCCCCCCCCCCCCCCC. The lowest BCUT2D eigenvalue weighted by Gasteiger charge is -2.22. The number of hydrogen-bond donors (Lipinski definition) is 3. The Bertz CT molecular complexity index is 1010. The zero-order chi connectivity index (χ0) is 47.2. The van der Waals surface area contributed by atoms with Gasteiger partial charge < -0.3 is 20.3 Å². The molecule has 1 amide bonds. The lowest BCUT2D eigenvalue weighted by molar-refractivity contribution is -0.143. The number of unbranched alkanes of at least 4 members (excludes halogenated alkanes) is 39. The van der Waals surface area contributed by atoms with E-state index >= 15 is 0 Å². The summed E-state index contributed by atoms with van der Waals surface area (Å²) in [4.78, 5) is 24.6. The van der Waals surface area contributed by atoms with Gasteiger partial charge in [0.2, 0.25) is 5.91 Å². The van der Waals surface area contributed by atoms with E-state index in [0.717, 1.165) is 64.2 Å². The number of ether oxygens (including phenoxy) is 1. The molecule has 6 nitrogen and oxygen atoms in total. The maximum Gasteiger partial charge on any atom is 0.305 e. The van der Waals surface area contributed by atoms with Crippen molar-refractivity contribution >= 4 is 11.9 Å². The number of allylic oxidation sites excluding steroid dienone is 4. The molecule has 0 aromatic carbocycles. The Morgan fingerprint density at radius 2 is 0.769 bits per heavy atom. The maximum absolute atomic E-state index is 12.5. The highest BCUT2D eigenvalue weighted by molar-refractivity contribution is 5.76. The average molecular weight is 917 g/mol. The minimum Gasteiger partial charge on any atom is -0.466 e. The van der Waals surface area contributed by atoms with Crippen molar-refractivity contribution in [2.45, 2.75) is 328 Å². The molecule has 2 atom stereocenters. The summed E-state index contributed by atoms with van der Waals surface area (Å²) < 4.78 is 5.47. The van der Waals surface area contributed by atoms with Gasteiger partial charge in [-0.05, 0) is 57.8 Å². The Balaban J connectivity index is 3.47. The Hall–Kier alpha value is -1.66. The second kappa shape index (κ2) is 54.9. The molecule has 0 aromatic heterocycles. The number of rotatable bonds is 54. The number of hydrogen-bond acceptors (Lipinski definition) is 5. The molecular weight excluding hydrogens is 803 g/mol. The Morgan fingerprint density at radius 1 is 0.431 bits per heavy atom. The third-order valence-electron chi connectivity index (χ3n) is 13.5. The van der Waals surface area contributed by atoms with Gasteiger partial charge in [-0.3, -0.25) is 9.59 Å². The van der Waals surface area contributed by atoms with Gasteiger partial charge in [0.15, 0.2) is 0 Å². The predicted octanol–water partition coefficient (Wildman–Crippen LogP) is 17.9. The molecule has 0 fully saturated rings. The van der Waals surface area contributed by atoms with E-state index in [2.05, 4.69) is 43.5 Å². The van der Waals surface area contributed by atoms with E-state index in [-0.39, 0.29) is 18.5 Å². The summed E-state index contributed by atoms with van der Waals surface area (Å²) in [6.45, 7) is 4.90. The van der Waals surface area contributed by atoms with Gasteiger partial charge in [-0.1, -0.05) is 269 Å². The van der Waals surface area contributed by atoms with E-state index in [0.29, 0.717) is 25.9 Å². The van der Waals surface area contributed by atoms with Crippen molar-refractivity contribution in [3.05, 3.63) is 24.3 Å². The quantitative estimate of drug-likeness (QED) is 0.0321. The standard InChI is InChI=1S/C59H113NO5/c1-3-5-7-9-11-13-15-17-19-21-23-24-25-27-29-31-35-39-43-47-51-57(62)56(55-61)60-58(63)52-48-44-40-36-33-34-38-42-46-50-54-65-59(64)53-49-45-41-37-32-30-28-26-22-20-18-16-14-12-10-8-6-4-2/h14,16,20,22,56-57,61-62H,3-13,15,17-19,21,23-55H2,1-2H3,(H,60,63)/b16-14-,22-20-. The van der Waals surface area contributed by atoms with Gasteiger partial charge in [-0.25, -0.2) is 0 Å². The fourth-order valence-corrected chi connectivity index (χ4v) is 9.02. The van der Waals surface area contributed by atoms with Crippen LogP contribution in [0.1, 0.15) is 316 Å². The molecule has 0 spiro atoms. The van der Waals surface area contributed by atoms with Gasteiger partial charge in [0.05, 0.1) is 25.4 Å². The van der Waals surface area contributed by atoms with Crippen molar-refractivity contribution in [3.8, 4) is 0 Å². The van der Waals surface area contributed by atoms with Crippen LogP contribution in [0.5, 0.6) is 0 Å². The molecule has 3 N–H and O–H groups in total. The molecule has 0 saturated carbocycles. The predicted molar refractivity (Wildman–Crippen MR) is 283 cm³/mol. The van der Waals surface area contributed by atoms with Crippen LogP contribution in [0.2, 0.25) is 0 Å². The van der Waals surface area contributed by atoms with Gasteiger partial charge in [0.25, 0.3) is 0 Å². The molecule has 0 bridgehead atoms. The zero-order valence-electron chi connectivity index (χ0n) is 43.7. The number of esters is 1. The molecule has 65 heavy (non-hydrogen) atoms. The Kier molecular flexibility index (Phi) is 53.5. The number of amides is 1. The van der Waals surface area contributed by atoms with Crippen LogP contribution in [0.15, 0.2) is 24.3 Å². The summed E-state index contributed by atoms with van der Waals surface area (Å²) in [5, 5.41) is 23.3. The lowest BCUT2D eigenvalue weighted by Crippen LogP contribution is -2.45. The van der Waals surface area contributed by atoms with Crippen LogP contribution in [0.25, 0.3) is 0 Å². The highest BCUT2D eigenvalue weighted by Gasteiger charge is 2.20. The van der Waals surface area contributed by atoms with Gasteiger partial charge in [0, 0.05) is 12.8 Å². The number of nitrogens with one attached hydrogen (secondary N) is 1. The summed E-state index contributed by atoms with van der Waals surface area (Å²) in [6.07, 6.45) is 65.9. The van der Waals surface area contributed by atoms with E-state index in [1.54, 1.807) is 0 Å². The number of aliphatic hydroxyl groups is 2. The summed E-state index contributed by atoms with van der Waals surface area (Å²) in [5.41, 5.74) is 0. The van der Waals surface area contributed by atoms with Crippen molar-refractivity contribution in [1.29, 1.82) is 0 Å². The first-order chi connectivity index (χ1) is 32.0. The molecule has 384 valence electrons. The van der Waals surface area contributed by atoms with E-state index in [9.17, 15) is 19.8 Å². The first kappa shape index (κ1) is 63.3. The average Bonchev–Trinajstić information content (AvgIpc) is 3.31. The van der Waals surface area contributed by atoms with Crippen LogP contribution < -0.4 is 5.32 Å². The van der Waals surface area contributed by atoms with Crippen molar-refractivity contribution in [1.82, 2.24) is 5.32 Å². The van der Waals surface area contributed by atoms with Crippen LogP contribution in [0.3, 0.4) is 0 Å². The molecule has 6 heteroatoms. The van der Waals surface area contributed by atoms with Gasteiger partial charge in [0.1, 0.15) is 0 Å². The van der Waals surface area contributed by atoms with Gasteiger partial charge in [-0.15, -0.1) is 0 Å². The van der Waals surface area contributed by atoms with Crippen LogP contribution in [0, 0.1) is 0 Å². The summed E-state index contributed by atoms with van der Waals surface area (Å²) >= 11 is 0. The molecule has 0 rings (SSSR count). The van der Waals surface area contributed by atoms with E-state index in [4.69, 9.17) is 4.74 Å². The maximum atomic E-state index is 12.5. The highest BCUT2D eigenvalue weighted by Crippen LogP contribution is 2.17. The molecular formula is C59H113NO5. The molecule has 0 aliphatic heterocycles.